The van der Waals surface area contributed by atoms with Crippen LogP contribution in [0.2, 0.25) is 0 Å². The van der Waals surface area contributed by atoms with Crippen LogP contribution < -0.4 is 5.32 Å². The number of amides is 1. The van der Waals surface area contributed by atoms with E-state index in [0.717, 1.165) is 28.1 Å². The molecule has 0 spiro atoms. The van der Waals surface area contributed by atoms with Crippen molar-refractivity contribution in [1.82, 2.24) is 30.2 Å². The molecule has 0 saturated heterocycles. The third-order valence-corrected chi connectivity index (χ3v) is 4.95. The summed E-state index contributed by atoms with van der Waals surface area (Å²) in [6.45, 7) is 6.82. The topological polar surface area (TPSA) is 98.7 Å². The van der Waals surface area contributed by atoms with Gasteiger partial charge in [-0.2, -0.15) is 5.10 Å². The van der Waals surface area contributed by atoms with Gasteiger partial charge in [0, 0.05) is 53.9 Å². The van der Waals surface area contributed by atoms with Crippen LogP contribution in [-0.4, -0.2) is 37.4 Å². The second-order valence-corrected chi connectivity index (χ2v) is 7.58. The molecule has 0 atom stereocenters. The van der Waals surface area contributed by atoms with E-state index in [0.29, 0.717) is 18.8 Å². The maximum absolute atomic E-state index is 12.4. The van der Waals surface area contributed by atoms with Crippen LogP contribution in [0.5, 0.6) is 0 Å². The van der Waals surface area contributed by atoms with Gasteiger partial charge in [-0.25, -0.2) is 0 Å². The molecule has 31 heavy (non-hydrogen) atoms. The SMILES string of the molecule is Cc1ccc(-c2c(-c3ccncc3)cnn2CCNC(=O)c2cc(C(C)C)on2)cn1. The van der Waals surface area contributed by atoms with Crippen LogP contribution in [0.1, 0.15) is 41.7 Å². The third kappa shape index (κ3) is 4.53. The van der Waals surface area contributed by atoms with Crippen LogP contribution in [0.3, 0.4) is 0 Å². The van der Waals surface area contributed by atoms with Crippen LogP contribution in [0.25, 0.3) is 22.4 Å². The highest BCUT2D eigenvalue weighted by Crippen LogP contribution is 2.31. The monoisotopic (exact) mass is 416 g/mol. The Morgan fingerprint density at radius 3 is 2.61 bits per heavy atom. The summed E-state index contributed by atoms with van der Waals surface area (Å²) in [7, 11) is 0. The third-order valence-electron chi connectivity index (χ3n) is 4.95. The number of pyridine rings is 2. The standard InChI is InChI=1S/C23H24N6O2/c1-15(2)21-12-20(28-31-21)23(30)25-10-11-29-22(18-5-4-16(3)26-13-18)19(14-27-29)17-6-8-24-9-7-17/h4-9,12-15H,10-11H2,1-3H3,(H,25,30). The van der Waals surface area contributed by atoms with E-state index in [9.17, 15) is 4.79 Å². The summed E-state index contributed by atoms with van der Waals surface area (Å²) in [4.78, 5) is 20.9. The Kier molecular flexibility index (Phi) is 5.88. The van der Waals surface area contributed by atoms with Crippen LogP contribution in [0, 0.1) is 6.92 Å². The second kappa shape index (κ2) is 8.91. The van der Waals surface area contributed by atoms with E-state index in [2.05, 4.69) is 25.5 Å². The van der Waals surface area contributed by atoms with Gasteiger partial charge in [0.1, 0.15) is 5.76 Å². The Labute approximate surface area is 180 Å². The van der Waals surface area contributed by atoms with Gasteiger partial charge in [0.05, 0.1) is 18.4 Å². The minimum atomic E-state index is -0.268. The van der Waals surface area contributed by atoms with Crippen LogP contribution >= 0.6 is 0 Å². The van der Waals surface area contributed by atoms with Gasteiger partial charge in [-0.05, 0) is 36.8 Å². The predicted molar refractivity (Wildman–Crippen MR) is 116 cm³/mol. The summed E-state index contributed by atoms with van der Waals surface area (Å²) < 4.78 is 7.09. The maximum Gasteiger partial charge on any atom is 0.273 e. The van der Waals surface area contributed by atoms with Gasteiger partial charge >= 0.3 is 0 Å². The zero-order valence-electron chi connectivity index (χ0n) is 17.7. The van der Waals surface area contributed by atoms with Crippen molar-refractivity contribution in [2.75, 3.05) is 6.54 Å². The number of hydrogen-bond donors (Lipinski definition) is 1. The van der Waals surface area contributed by atoms with Crippen LogP contribution in [-0.2, 0) is 6.54 Å². The molecule has 0 bridgehead atoms. The molecule has 0 saturated carbocycles. The van der Waals surface area contributed by atoms with E-state index in [1.54, 1.807) is 18.5 Å². The molecule has 0 aliphatic rings. The number of rotatable bonds is 7. The van der Waals surface area contributed by atoms with Crippen molar-refractivity contribution in [3.8, 4) is 22.4 Å². The lowest BCUT2D eigenvalue weighted by molar-refractivity contribution is 0.0942. The highest BCUT2D eigenvalue weighted by molar-refractivity contribution is 5.92. The number of hydrogen-bond acceptors (Lipinski definition) is 6. The maximum atomic E-state index is 12.4. The molecule has 0 aromatic carbocycles. The number of nitrogens with zero attached hydrogens (tertiary/aromatic N) is 5. The molecule has 1 N–H and O–H groups in total. The summed E-state index contributed by atoms with van der Waals surface area (Å²) in [6.07, 6.45) is 7.19. The fourth-order valence-corrected chi connectivity index (χ4v) is 3.24. The van der Waals surface area contributed by atoms with Crippen molar-refractivity contribution in [1.29, 1.82) is 0 Å². The molecule has 4 aromatic rings. The van der Waals surface area contributed by atoms with Gasteiger partial charge in [0.25, 0.3) is 5.91 Å². The number of carbonyl (C=O) groups excluding carboxylic acids is 1. The fraction of sp³-hybridized carbons (Fsp3) is 0.261. The number of aryl methyl sites for hydroxylation is 1. The molecular formula is C23H24N6O2. The zero-order valence-corrected chi connectivity index (χ0v) is 17.7. The molecule has 8 heteroatoms. The minimum Gasteiger partial charge on any atom is -0.360 e. The highest BCUT2D eigenvalue weighted by atomic mass is 16.5. The molecule has 0 aliphatic heterocycles. The van der Waals surface area contributed by atoms with E-state index in [-0.39, 0.29) is 17.5 Å². The van der Waals surface area contributed by atoms with Crippen molar-refractivity contribution >= 4 is 5.91 Å². The van der Waals surface area contributed by atoms with E-state index in [1.807, 2.05) is 62.1 Å². The lowest BCUT2D eigenvalue weighted by Crippen LogP contribution is -2.28. The molecule has 0 fully saturated rings. The first kappa shape index (κ1) is 20.5. The van der Waals surface area contributed by atoms with Gasteiger partial charge in [0.2, 0.25) is 0 Å². The minimum absolute atomic E-state index is 0.176. The molecule has 4 heterocycles. The van der Waals surface area contributed by atoms with Gasteiger partial charge in [-0.1, -0.05) is 19.0 Å². The summed E-state index contributed by atoms with van der Waals surface area (Å²) in [5.74, 6) is 0.597. The normalized spacial score (nSPS) is 11.1. The summed E-state index contributed by atoms with van der Waals surface area (Å²) in [5.41, 5.74) is 5.13. The second-order valence-electron chi connectivity index (χ2n) is 7.58. The van der Waals surface area contributed by atoms with Crippen molar-refractivity contribution in [2.45, 2.75) is 33.2 Å². The van der Waals surface area contributed by atoms with E-state index >= 15 is 0 Å². The van der Waals surface area contributed by atoms with E-state index < -0.39 is 0 Å². The van der Waals surface area contributed by atoms with Gasteiger partial charge < -0.3 is 9.84 Å². The Bertz CT molecular complexity index is 1160. The summed E-state index contributed by atoms with van der Waals surface area (Å²) >= 11 is 0. The van der Waals surface area contributed by atoms with Gasteiger partial charge in [-0.15, -0.1) is 0 Å². The van der Waals surface area contributed by atoms with E-state index in [1.165, 1.54) is 0 Å². The molecule has 1 amide bonds. The molecule has 0 aliphatic carbocycles. The Hall–Kier alpha value is -3.81. The lowest BCUT2D eigenvalue weighted by Gasteiger charge is -2.11. The van der Waals surface area contributed by atoms with E-state index in [4.69, 9.17) is 4.52 Å². The molecule has 158 valence electrons. The number of nitrogens with one attached hydrogen (secondary N) is 1. The first-order chi connectivity index (χ1) is 15.0. The largest absolute Gasteiger partial charge is 0.360 e. The quantitative estimate of drug-likeness (QED) is 0.491. The Balaban J connectivity index is 1.54. The average molecular weight is 416 g/mol. The van der Waals surface area contributed by atoms with Crippen LogP contribution in [0.15, 0.2) is 59.6 Å². The van der Waals surface area contributed by atoms with Gasteiger partial charge in [0.15, 0.2) is 5.69 Å². The molecule has 0 radical (unpaired) electrons. The van der Waals surface area contributed by atoms with Gasteiger partial charge in [-0.3, -0.25) is 19.4 Å². The lowest BCUT2D eigenvalue weighted by atomic mass is 10.0. The fourth-order valence-electron chi connectivity index (χ4n) is 3.24. The Morgan fingerprint density at radius 2 is 1.94 bits per heavy atom. The molecular weight excluding hydrogens is 392 g/mol. The summed E-state index contributed by atoms with van der Waals surface area (Å²) in [6, 6.07) is 9.58. The van der Waals surface area contributed by atoms with Crippen molar-refractivity contribution in [2.24, 2.45) is 0 Å². The number of carbonyl (C=O) groups is 1. The van der Waals surface area contributed by atoms with Crippen molar-refractivity contribution in [3.63, 3.8) is 0 Å². The highest BCUT2D eigenvalue weighted by Gasteiger charge is 2.17. The molecule has 8 nitrogen and oxygen atoms in total. The first-order valence-corrected chi connectivity index (χ1v) is 10.2. The molecule has 4 rings (SSSR count). The van der Waals surface area contributed by atoms with Crippen molar-refractivity contribution in [3.05, 3.63) is 72.3 Å². The summed E-state index contributed by atoms with van der Waals surface area (Å²) in [5, 5.41) is 11.3. The molecule has 4 aromatic heterocycles. The van der Waals surface area contributed by atoms with Crippen molar-refractivity contribution < 1.29 is 9.32 Å². The average Bonchev–Trinajstić information content (AvgIpc) is 3.43. The number of aromatic nitrogens is 5. The Morgan fingerprint density at radius 1 is 1.13 bits per heavy atom. The molecule has 0 unspecified atom stereocenters. The first-order valence-electron chi connectivity index (χ1n) is 10.2. The smallest absolute Gasteiger partial charge is 0.273 e. The van der Waals surface area contributed by atoms with Crippen LogP contribution in [0.4, 0.5) is 0 Å². The predicted octanol–water partition coefficient (Wildman–Crippen LogP) is 3.86. The zero-order chi connectivity index (χ0) is 21.8.